The number of aryl methyl sites for hydroxylation is 1. The Balaban J connectivity index is 1.52. The fraction of sp³-hybridized carbons (Fsp3) is 0.158. The van der Waals surface area contributed by atoms with Crippen LogP contribution in [0.5, 0.6) is 0 Å². The minimum absolute atomic E-state index is 0.0792. The van der Waals surface area contributed by atoms with E-state index in [-0.39, 0.29) is 18.1 Å². The van der Waals surface area contributed by atoms with E-state index in [2.05, 4.69) is 10.3 Å². The number of benzene rings is 2. The molecule has 1 aromatic heterocycles. The van der Waals surface area contributed by atoms with Crippen LogP contribution in [0.2, 0.25) is 0 Å². The molecular formula is C19H17FN2O2. The molecule has 0 saturated heterocycles. The van der Waals surface area contributed by atoms with E-state index in [4.69, 9.17) is 4.42 Å². The maximum atomic E-state index is 13.7. The first-order valence-corrected chi connectivity index (χ1v) is 7.72. The van der Waals surface area contributed by atoms with Crippen LogP contribution in [0.4, 0.5) is 4.39 Å². The molecule has 24 heavy (non-hydrogen) atoms. The Morgan fingerprint density at radius 3 is 2.62 bits per heavy atom. The van der Waals surface area contributed by atoms with E-state index < -0.39 is 0 Å². The van der Waals surface area contributed by atoms with Crippen molar-refractivity contribution in [1.82, 2.24) is 10.3 Å². The Labute approximate surface area is 139 Å². The van der Waals surface area contributed by atoms with Crippen molar-refractivity contribution in [2.75, 3.05) is 0 Å². The maximum absolute atomic E-state index is 13.7. The summed E-state index contributed by atoms with van der Waals surface area (Å²) >= 11 is 0. The van der Waals surface area contributed by atoms with Crippen molar-refractivity contribution >= 4 is 5.91 Å². The number of halogens is 1. The van der Waals surface area contributed by atoms with Crippen molar-refractivity contribution in [3.05, 3.63) is 78.1 Å². The van der Waals surface area contributed by atoms with Gasteiger partial charge in [0.2, 0.25) is 5.91 Å². The predicted octanol–water partition coefficient (Wildman–Crippen LogP) is 3.73. The number of nitrogens with one attached hydrogen (secondary N) is 1. The second-order valence-corrected chi connectivity index (χ2v) is 5.36. The van der Waals surface area contributed by atoms with Crippen molar-refractivity contribution in [2.24, 2.45) is 0 Å². The van der Waals surface area contributed by atoms with Gasteiger partial charge in [-0.3, -0.25) is 4.79 Å². The zero-order chi connectivity index (χ0) is 16.8. The Morgan fingerprint density at radius 2 is 1.83 bits per heavy atom. The molecule has 0 bridgehead atoms. The molecule has 1 N–H and O–H groups in total. The molecule has 0 atom stereocenters. The van der Waals surface area contributed by atoms with Crippen LogP contribution in [0.25, 0.3) is 11.3 Å². The van der Waals surface area contributed by atoms with Gasteiger partial charge in [-0.2, -0.15) is 0 Å². The topological polar surface area (TPSA) is 55.1 Å². The van der Waals surface area contributed by atoms with Gasteiger partial charge in [-0.05, 0) is 17.7 Å². The third kappa shape index (κ3) is 4.07. The standard InChI is InChI=1S/C19H17FN2O2/c20-16-9-5-4-8-15(16)17-13-22-19(24-17)11-10-18(23)21-12-14-6-2-1-3-7-14/h1-9,13H,10-12H2,(H,21,23). The number of hydrogen-bond acceptors (Lipinski definition) is 3. The lowest BCUT2D eigenvalue weighted by molar-refractivity contribution is -0.121. The van der Waals surface area contributed by atoms with E-state index >= 15 is 0 Å². The summed E-state index contributed by atoms with van der Waals surface area (Å²) in [7, 11) is 0. The fourth-order valence-corrected chi connectivity index (χ4v) is 2.32. The van der Waals surface area contributed by atoms with Crippen molar-refractivity contribution in [2.45, 2.75) is 19.4 Å². The van der Waals surface area contributed by atoms with Crippen LogP contribution in [0.1, 0.15) is 17.9 Å². The average molecular weight is 324 g/mol. The van der Waals surface area contributed by atoms with Crippen LogP contribution in [0.3, 0.4) is 0 Å². The van der Waals surface area contributed by atoms with Crippen molar-refractivity contribution in [3.63, 3.8) is 0 Å². The fourth-order valence-electron chi connectivity index (χ4n) is 2.32. The van der Waals surface area contributed by atoms with Crippen LogP contribution in [-0.2, 0) is 17.8 Å². The lowest BCUT2D eigenvalue weighted by Crippen LogP contribution is -2.22. The van der Waals surface area contributed by atoms with E-state index in [1.54, 1.807) is 18.2 Å². The predicted molar refractivity (Wildman–Crippen MR) is 88.5 cm³/mol. The number of aromatic nitrogens is 1. The molecule has 1 heterocycles. The number of rotatable bonds is 6. The molecule has 0 aliphatic heterocycles. The normalized spacial score (nSPS) is 10.5. The first kappa shape index (κ1) is 15.9. The van der Waals surface area contributed by atoms with Gasteiger partial charge in [0.05, 0.1) is 11.8 Å². The highest BCUT2D eigenvalue weighted by Gasteiger charge is 2.11. The summed E-state index contributed by atoms with van der Waals surface area (Å²) in [5.41, 5.74) is 1.41. The van der Waals surface area contributed by atoms with Crippen LogP contribution in [0.15, 0.2) is 65.2 Å². The number of nitrogens with zero attached hydrogens (tertiary/aromatic N) is 1. The van der Waals surface area contributed by atoms with Crippen LogP contribution in [-0.4, -0.2) is 10.9 Å². The average Bonchev–Trinajstić information content (AvgIpc) is 3.08. The summed E-state index contributed by atoms with van der Waals surface area (Å²) in [4.78, 5) is 16.0. The molecule has 0 aliphatic carbocycles. The van der Waals surface area contributed by atoms with E-state index in [1.165, 1.54) is 12.3 Å². The number of amides is 1. The number of carbonyl (C=O) groups is 1. The number of hydrogen-bond donors (Lipinski definition) is 1. The van der Waals surface area contributed by atoms with Crippen molar-refractivity contribution in [3.8, 4) is 11.3 Å². The maximum Gasteiger partial charge on any atom is 0.220 e. The smallest absolute Gasteiger partial charge is 0.220 e. The summed E-state index contributed by atoms with van der Waals surface area (Å²) in [5, 5.41) is 2.85. The highest BCUT2D eigenvalue weighted by molar-refractivity contribution is 5.76. The van der Waals surface area contributed by atoms with Crippen molar-refractivity contribution in [1.29, 1.82) is 0 Å². The molecule has 3 aromatic rings. The lowest BCUT2D eigenvalue weighted by Gasteiger charge is -2.04. The molecule has 4 nitrogen and oxygen atoms in total. The molecule has 3 rings (SSSR count). The SMILES string of the molecule is O=C(CCc1ncc(-c2ccccc2F)o1)NCc1ccccc1. The van der Waals surface area contributed by atoms with Crippen molar-refractivity contribution < 1.29 is 13.6 Å². The molecule has 122 valence electrons. The first-order chi connectivity index (χ1) is 11.7. The largest absolute Gasteiger partial charge is 0.441 e. The first-order valence-electron chi connectivity index (χ1n) is 7.72. The zero-order valence-corrected chi connectivity index (χ0v) is 13.0. The molecule has 0 aliphatic rings. The molecular weight excluding hydrogens is 307 g/mol. The summed E-state index contributed by atoms with van der Waals surface area (Å²) in [6, 6.07) is 16.0. The number of oxazole rings is 1. The van der Waals surface area contributed by atoms with Crippen LogP contribution >= 0.6 is 0 Å². The quantitative estimate of drug-likeness (QED) is 0.751. The van der Waals surface area contributed by atoms with Gasteiger partial charge in [0, 0.05) is 19.4 Å². The highest BCUT2D eigenvalue weighted by atomic mass is 19.1. The molecule has 2 aromatic carbocycles. The Bertz CT molecular complexity index is 815. The molecule has 0 saturated carbocycles. The Morgan fingerprint density at radius 1 is 1.08 bits per heavy atom. The van der Waals surface area contributed by atoms with Gasteiger partial charge in [-0.25, -0.2) is 9.37 Å². The van der Waals surface area contributed by atoms with Gasteiger partial charge in [0.1, 0.15) is 5.82 Å². The molecule has 1 amide bonds. The van der Waals surface area contributed by atoms with Gasteiger partial charge in [0.25, 0.3) is 0 Å². The monoisotopic (exact) mass is 324 g/mol. The molecule has 0 unspecified atom stereocenters. The summed E-state index contributed by atoms with van der Waals surface area (Å²) < 4.78 is 19.2. The van der Waals surface area contributed by atoms with E-state index in [0.717, 1.165) is 5.56 Å². The lowest BCUT2D eigenvalue weighted by atomic mass is 10.2. The van der Waals surface area contributed by atoms with Gasteiger partial charge >= 0.3 is 0 Å². The third-order valence-corrected chi connectivity index (χ3v) is 3.59. The minimum atomic E-state index is -0.360. The summed E-state index contributed by atoms with van der Waals surface area (Å²) in [5.74, 6) is 0.348. The van der Waals surface area contributed by atoms with Gasteiger partial charge in [0.15, 0.2) is 11.7 Å². The van der Waals surface area contributed by atoms with E-state index in [9.17, 15) is 9.18 Å². The Hall–Kier alpha value is -2.95. The van der Waals surface area contributed by atoms with E-state index in [0.29, 0.717) is 30.2 Å². The van der Waals surface area contributed by atoms with Gasteiger partial charge < -0.3 is 9.73 Å². The van der Waals surface area contributed by atoms with Gasteiger partial charge in [-0.1, -0.05) is 42.5 Å². The highest BCUT2D eigenvalue weighted by Crippen LogP contribution is 2.23. The second-order valence-electron chi connectivity index (χ2n) is 5.36. The summed E-state index contributed by atoms with van der Waals surface area (Å²) in [6.07, 6.45) is 2.12. The second kappa shape index (κ2) is 7.55. The molecule has 0 spiro atoms. The molecule has 5 heteroatoms. The zero-order valence-electron chi connectivity index (χ0n) is 13.0. The molecule has 0 fully saturated rings. The van der Waals surface area contributed by atoms with E-state index in [1.807, 2.05) is 30.3 Å². The summed E-state index contributed by atoms with van der Waals surface area (Å²) in [6.45, 7) is 0.492. The van der Waals surface area contributed by atoms with Crippen LogP contribution < -0.4 is 5.32 Å². The Kier molecular flexibility index (Phi) is 5.01. The minimum Gasteiger partial charge on any atom is -0.441 e. The van der Waals surface area contributed by atoms with Crippen LogP contribution in [0, 0.1) is 5.82 Å². The molecule has 0 radical (unpaired) electrons. The third-order valence-electron chi connectivity index (χ3n) is 3.59. The van der Waals surface area contributed by atoms with Gasteiger partial charge in [-0.15, -0.1) is 0 Å². The number of carbonyl (C=O) groups excluding carboxylic acids is 1.